The largest absolute Gasteiger partial charge is 0.756 e. The van der Waals surface area contributed by atoms with Gasteiger partial charge in [0.2, 0.25) is 0 Å². The highest BCUT2D eigenvalue weighted by Crippen LogP contribution is 2.18. The molecule has 9 heavy (non-hydrogen) atoms. The second kappa shape index (κ2) is 6.15. The normalized spacial score (nSPS) is 9.89. The van der Waals surface area contributed by atoms with Crippen molar-refractivity contribution in [2.75, 3.05) is 6.54 Å². The highest BCUT2D eigenvalue weighted by molar-refractivity contribution is 7.43. The molecule has 58 valence electrons. The molecule has 0 bridgehead atoms. The Balaban J connectivity index is 0. The van der Waals surface area contributed by atoms with Crippen molar-refractivity contribution in [2.45, 2.75) is 6.92 Å². The molecule has 0 amide bonds. The SMILES string of the molecule is CC[NH2+]O.O=P([O-])(O)O. The van der Waals surface area contributed by atoms with Crippen molar-refractivity contribution in [1.29, 1.82) is 0 Å². The summed E-state index contributed by atoms with van der Waals surface area (Å²) in [6.07, 6.45) is 0. The molecule has 6 nitrogen and oxygen atoms in total. The Kier molecular flexibility index (Phi) is 8.06. The predicted octanol–water partition coefficient (Wildman–Crippen LogP) is -2.60. The van der Waals surface area contributed by atoms with Crippen LogP contribution >= 0.6 is 7.82 Å². The second-order valence-electron chi connectivity index (χ2n) is 1.08. The number of phosphoric acid groups is 1. The van der Waals surface area contributed by atoms with E-state index < -0.39 is 7.82 Å². The van der Waals surface area contributed by atoms with Crippen LogP contribution in [0.15, 0.2) is 0 Å². The molecule has 0 saturated heterocycles. The molecular formula is C2H10NO5P. The minimum atomic E-state index is -4.89. The molecule has 0 heterocycles. The van der Waals surface area contributed by atoms with Gasteiger partial charge in [0.1, 0.15) is 6.54 Å². The van der Waals surface area contributed by atoms with Gasteiger partial charge < -0.3 is 14.7 Å². The van der Waals surface area contributed by atoms with E-state index in [1.807, 2.05) is 6.92 Å². The van der Waals surface area contributed by atoms with Gasteiger partial charge in [-0.25, -0.2) is 10.7 Å². The Morgan fingerprint density at radius 2 is 1.78 bits per heavy atom. The molecule has 0 aliphatic rings. The summed E-state index contributed by atoms with van der Waals surface area (Å²) >= 11 is 0. The molecule has 7 heteroatoms. The maximum atomic E-state index is 8.77. The van der Waals surface area contributed by atoms with E-state index in [2.05, 4.69) is 0 Å². The molecule has 0 saturated carbocycles. The lowest BCUT2D eigenvalue weighted by Crippen LogP contribution is -2.79. The Labute approximate surface area is 52.3 Å². The van der Waals surface area contributed by atoms with Crippen LogP contribution in [0.25, 0.3) is 0 Å². The molecule has 0 radical (unpaired) electrons. The number of hydrogen-bond acceptors (Lipinski definition) is 3. The van der Waals surface area contributed by atoms with E-state index in [1.165, 1.54) is 0 Å². The standard InChI is InChI=1S/C2H7NO.H3O4P/c1-2-3-4;1-5(2,3)4/h3-4H,2H2,1H3;(H3,1,2,3,4). The van der Waals surface area contributed by atoms with Crippen molar-refractivity contribution >= 4 is 7.82 Å². The highest BCUT2D eigenvalue weighted by atomic mass is 31.2. The molecule has 0 fully saturated rings. The molecule has 0 atom stereocenters. The van der Waals surface area contributed by atoms with Crippen molar-refractivity contribution in [3.63, 3.8) is 0 Å². The predicted molar refractivity (Wildman–Crippen MR) is 26.3 cm³/mol. The van der Waals surface area contributed by atoms with Gasteiger partial charge >= 0.3 is 0 Å². The van der Waals surface area contributed by atoms with Gasteiger partial charge in [0.25, 0.3) is 7.82 Å². The molecule has 0 spiro atoms. The minimum Gasteiger partial charge on any atom is -0.756 e. The van der Waals surface area contributed by atoms with E-state index in [1.54, 1.807) is 0 Å². The van der Waals surface area contributed by atoms with Crippen LogP contribution in [0.3, 0.4) is 0 Å². The van der Waals surface area contributed by atoms with Crippen LogP contribution in [-0.2, 0) is 4.57 Å². The van der Waals surface area contributed by atoms with Crippen molar-refractivity contribution in [1.82, 2.24) is 0 Å². The summed E-state index contributed by atoms with van der Waals surface area (Å²) in [5, 5.41) is 7.75. The molecule has 0 aliphatic carbocycles. The molecule has 0 aliphatic heterocycles. The first-order chi connectivity index (χ1) is 3.91. The third-order valence-corrected chi connectivity index (χ3v) is 0.183. The number of hydroxylamine groups is 1. The maximum absolute atomic E-state index is 8.77. The van der Waals surface area contributed by atoms with Crippen LogP contribution in [0.2, 0.25) is 0 Å². The van der Waals surface area contributed by atoms with E-state index in [0.29, 0.717) is 0 Å². The lowest BCUT2D eigenvalue weighted by Gasteiger charge is -2.01. The highest BCUT2D eigenvalue weighted by Gasteiger charge is 1.82. The average molecular weight is 159 g/mol. The maximum Gasteiger partial charge on any atom is 0.262 e. The van der Waals surface area contributed by atoms with E-state index in [4.69, 9.17) is 24.5 Å². The van der Waals surface area contributed by atoms with Crippen molar-refractivity contribution in [3.8, 4) is 0 Å². The number of nitrogens with two attached hydrogens (primary N) is 1. The Hall–Kier alpha value is 0.0300. The van der Waals surface area contributed by atoms with E-state index in [-0.39, 0.29) is 0 Å². The lowest BCUT2D eigenvalue weighted by molar-refractivity contribution is -0.884. The minimum absolute atomic E-state index is 0.750. The first-order valence-electron chi connectivity index (χ1n) is 2.14. The fourth-order valence-corrected chi connectivity index (χ4v) is 0. The lowest BCUT2D eigenvalue weighted by atomic mass is 10.8. The van der Waals surface area contributed by atoms with Crippen LogP contribution in [0.4, 0.5) is 0 Å². The van der Waals surface area contributed by atoms with E-state index in [0.717, 1.165) is 12.0 Å². The Morgan fingerprint density at radius 3 is 1.78 bits per heavy atom. The summed E-state index contributed by atoms with van der Waals surface area (Å²) in [6, 6.07) is 0. The fourth-order valence-electron chi connectivity index (χ4n) is 0. The number of quaternary nitrogens is 1. The molecule has 0 unspecified atom stereocenters. The van der Waals surface area contributed by atoms with Gasteiger partial charge in [-0.15, -0.1) is 0 Å². The van der Waals surface area contributed by atoms with Crippen LogP contribution < -0.4 is 10.4 Å². The monoisotopic (exact) mass is 159 g/mol. The summed E-state index contributed by atoms with van der Waals surface area (Å²) in [6.45, 7) is 2.62. The van der Waals surface area contributed by atoms with Crippen molar-refractivity contribution < 1.29 is 29.9 Å². The first kappa shape index (κ1) is 11.8. The topological polar surface area (TPSA) is 117 Å². The summed E-state index contributed by atoms with van der Waals surface area (Å²) in [5.41, 5.74) is 1.12. The van der Waals surface area contributed by atoms with E-state index in [9.17, 15) is 0 Å². The molecular weight excluding hydrogens is 149 g/mol. The number of hydrogen-bond donors (Lipinski definition) is 4. The zero-order chi connectivity index (χ0) is 7.91. The Bertz CT molecular complexity index is 78.7. The van der Waals surface area contributed by atoms with E-state index >= 15 is 0 Å². The molecule has 0 aromatic heterocycles. The van der Waals surface area contributed by atoms with Gasteiger partial charge in [0.05, 0.1) is 0 Å². The summed E-state index contributed by atoms with van der Waals surface area (Å²) < 4.78 is 8.77. The van der Waals surface area contributed by atoms with Gasteiger partial charge in [0.15, 0.2) is 0 Å². The average Bonchev–Trinajstić information content (AvgIpc) is 1.61. The van der Waals surface area contributed by atoms with Gasteiger partial charge in [-0.1, -0.05) is 0 Å². The number of rotatable bonds is 1. The van der Waals surface area contributed by atoms with Crippen LogP contribution in [0, 0.1) is 0 Å². The van der Waals surface area contributed by atoms with Gasteiger partial charge in [-0.2, -0.15) is 0 Å². The summed E-state index contributed by atoms with van der Waals surface area (Å²) in [5.74, 6) is 0. The van der Waals surface area contributed by atoms with Gasteiger partial charge in [-0.05, 0) is 6.92 Å². The summed E-state index contributed by atoms with van der Waals surface area (Å²) in [4.78, 5) is 22.9. The van der Waals surface area contributed by atoms with Crippen LogP contribution in [0.1, 0.15) is 6.92 Å². The van der Waals surface area contributed by atoms with Gasteiger partial charge in [-0.3, -0.25) is 4.57 Å². The quantitative estimate of drug-likeness (QED) is 0.247. The molecule has 0 aromatic rings. The van der Waals surface area contributed by atoms with Crippen molar-refractivity contribution in [2.24, 2.45) is 0 Å². The van der Waals surface area contributed by atoms with Crippen LogP contribution in [0.5, 0.6) is 0 Å². The van der Waals surface area contributed by atoms with Gasteiger partial charge in [0, 0.05) is 0 Å². The van der Waals surface area contributed by atoms with Crippen molar-refractivity contribution in [3.05, 3.63) is 0 Å². The smallest absolute Gasteiger partial charge is 0.262 e. The second-order valence-corrected chi connectivity index (χ2v) is 2.06. The first-order valence-corrected chi connectivity index (χ1v) is 3.67. The van der Waals surface area contributed by atoms with Crippen LogP contribution in [-0.4, -0.2) is 21.5 Å². The zero-order valence-electron chi connectivity index (χ0n) is 4.89. The molecule has 0 rings (SSSR count). The zero-order valence-corrected chi connectivity index (χ0v) is 5.78. The molecule has 5 N–H and O–H groups in total. The third kappa shape index (κ3) is 275. The Morgan fingerprint density at radius 1 is 1.67 bits per heavy atom. The molecule has 0 aromatic carbocycles. The fraction of sp³-hybridized carbons (Fsp3) is 1.00. The third-order valence-electron chi connectivity index (χ3n) is 0.183. The summed E-state index contributed by atoms with van der Waals surface area (Å²) in [7, 11) is -4.89.